The van der Waals surface area contributed by atoms with Gasteiger partial charge in [0.2, 0.25) is 5.91 Å². The molecule has 38 heavy (non-hydrogen) atoms. The Labute approximate surface area is 220 Å². The smallest absolute Gasteiger partial charge is 0.304 e. The molecule has 0 atom stereocenters. The van der Waals surface area contributed by atoms with E-state index in [0.717, 1.165) is 39.1 Å². The van der Waals surface area contributed by atoms with Gasteiger partial charge in [-0.3, -0.25) is 9.59 Å². The topological polar surface area (TPSA) is 78.9 Å². The molecule has 1 fully saturated rings. The zero-order chi connectivity index (χ0) is 26.3. The number of piperidine rings is 1. The first-order valence-corrected chi connectivity index (χ1v) is 13.0. The van der Waals surface area contributed by atoms with Crippen LogP contribution in [-0.4, -0.2) is 41.5 Å². The van der Waals surface area contributed by atoms with E-state index in [0.29, 0.717) is 51.3 Å². The highest BCUT2D eigenvalue weighted by atomic mass is 19.1. The maximum absolute atomic E-state index is 13.9. The van der Waals surface area contributed by atoms with E-state index >= 15 is 0 Å². The number of carbonyl (C=O) groups excluding carboxylic acids is 1. The van der Waals surface area contributed by atoms with Crippen molar-refractivity contribution in [3.05, 3.63) is 94.3 Å². The lowest BCUT2D eigenvalue weighted by Gasteiger charge is -2.37. The summed E-state index contributed by atoms with van der Waals surface area (Å²) in [5.41, 5.74) is 6.44. The van der Waals surface area contributed by atoms with Gasteiger partial charge >= 0.3 is 5.97 Å². The number of allylic oxidation sites excluding steroid dienone is 1. The molecule has 0 bridgehead atoms. The van der Waals surface area contributed by atoms with Crippen LogP contribution in [0, 0.1) is 5.82 Å². The van der Waals surface area contributed by atoms with Crippen LogP contribution >= 0.6 is 0 Å². The Kier molecular flexibility index (Phi) is 6.24. The van der Waals surface area contributed by atoms with Crippen molar-refractivity contribution in [3.63, 3.8) is 0 Å². The summed E-state index contributed by atoms with van der Waals surface area (Å²) in [6, 6.07) is 19.0. The molecule has 6 nitrogen and oxygen atoms in total. The number of hydrogen-bond donors (Lipinski definition) is 2. The Morgan fingerprint density at radius 1 is 1.08 bits per heavy atom. The molecule has 6 rings (SSSR count). The van der Waals surface area contributed by atoms with Crippen LogP contribution in [0.1, 0.15) is 47.1 Å². The third-order valence-corrected chi connectivity index (χ3v) is 8.09. The SMILES string of the molecule is O=C(O)CCN1CCC2(CC1)C(=O)Nc1cc(/C=C3\Cc4ccc(F)cc4OCc4ccccc43)ccc12. The second-order valence-corrected chi connectivity index (χ2v) is 10.4. The number of rotatable bonds is 4. The van der Waals surface area contributed by atoms with Crippen LogP contribution in [-0.2, 0) is 28.0 Å². The maximum Gasteiger partial charge on any atom is 0.304 e. The van der Waals surface area contributed by atoms with E-state index in [9.17, 15) is 14.0 Å². The van der Waals surface area contributed by atoms with Crippen molar-refractivity contribution in [2.24, 2.45) is 0 Å². The number of likely N-dealkylation sites (tertiary alicyclic amines) is 1. The lowest BCUT2D eigenvalue weighted by molar-refractivity contribution is -0.137. The molecule has 3 aromatic rings. The largest absolute Gasteiger partial charge is 0.488 e. The van der Waals surface area contributed by atoms with Gasteiger partial charge in [0.15, 0.2) is 0 Å². The summed E-state index contributed by atoms with van der Waals surface area (Å²) >= 11 is 0. The second-order valence-electron chi connectivity index (χ2n) is 10.4. The summed E-state index contributed by atoms with van der Waals surface area (Å²) in [5.74, 6) is -0.534. The lowest BCUT2D eigenvalue weighted by Crippen LogP contribution is -2.46. The van der Waals surface area contributed by atoms with Crippen LogP contribution in [0.5, 0.6) is 5.75 Å². The fourth-order valence-electron chi connectivity index (χ4n) is 6.00. The minimum absolute atomic E-state index is 0.0274. The first-order valence-electron chi connectivity index (χ1n) is 13.0. The first kappa shape index (κ1) is 24.4. The predicted molar refractivity (Wildman–Crippen MR) is 143 cm³/mol. The number of nitrogens with one attached hydrogen (secondary N) is 1. The minimum Gasteiger partial charge on any atom is -0.488 e. The molecule has 194 valence electrons. The molecule has 7 heteroatoms. The molecule has 0 radical (unpaired) electrons. The molecule has 0 aliphatic carbocycles. The van der Waals surface area contributed by atoms with Gasteiger partial charge in [-0.15, -0.1) is 0 Å². The van der Waals surface area contributed by atoms with E-state index in [4.69, 9.17) is 9.84 Å². The van der Waals surface area contributed by atoms with Crippen LogP contribution in [0.2, 0.25) is 0 Å². The summed E-state index contributed by atoms with van der Waals surface area (Å²) in [6.07, 6.45) is 4.19. The number of carboxylic acid groups (broad SMARTS) is 1. The number of amides is 1. The molecule has 3 heterocycles. The van der Waals surface area contributed by atoms with Crippen molar-refractivity contribution >= 4 is 29.2 Å². The van der Waals surface area contributed by atoms with Crippen molar-refractivity contribution in [3.8, 4) is 5.75 Å². The third-order valence-electron chi connectivity index (χ3n) is 8.09. The molecule has 0 unspecified atom stereocenters. The summed E-state index contributed by atoms with van der Waals surface area (Å²) < 4.78 is 19.9. The Bertz CT molecular complexity index is 1460. The van der Waals surface area contributed by atoms with Crippen LogP contribution in [0.25, 0.3) is 11.6 Å². The van der Waals surface area contributed by atoms with E-state index in [1.807, 2.05) is 24.3 Å². The number of halogens is 1. The fourth-order valence-corrected chi connectivity index (χ4v) is 6.00. The van der Waals surface area contributed by atoms with E-state index in [1.165, 1.54) is 12.1 Å². The Balaban J connectivity index is 1.31. The van der Waals surface area contributed by atoms with Gasteiger partial charge in [-0.05, 0) is 71.5 Å². The fraction of sp³-hybridized carbons (Fsp3) is 0.290. The van der Waals surface area contributed by atoms with Gasteiger partial charge in [0.25, 0.3) is 0 Å². The van der Waals surface area contributed by atoms with Crippen molar-refractivity contribution in [2.75, 3.05) is 25.0 Å². The molecule has 2 N–H and O–H groups in total. The number of anilines is 1. The van der Waals surface area contributed by atoms with E-state index in [1.54, 1.807) is 6.07 Å². The highest BCUT2D eigenvalue weighted by Crippen LogP contribution is 2.45. The number of benzene rings is 3. The summed E-state index contributed by atoms with van der Waals surface area (Å²) in [4.78, 5) is 26.3. The van der Waals surface area contributed by atoms with Crippen LogP contribution in [0.15, 0.2) is 60.7 Å². The number of ether oxygens (including phenoxy) is 1. The summed E-state index contributed by atoms with van der Waals surface area (Å²) in [7, 11) is 0. The molecule has 3 aliphatic rings. The first-order chi connectivity index (χ1) is 18.4. The zero-order valence-electron chi connectivity index (χ0n) is 21.0. The molecular formula is C31H29FN2O4. The zero-order valence-corrected chi connectivity index (χ0v) is 21.0. The molecule has 3 aromatic carbocycles. The standard InChI is InChI=1S/C31H29FN2O4/c32-24-7-6-21-17-23(25-4-2-1-3-22(25)19-38-28(21)18-24)15-20-5-8-26-27(16-20)33-30(37)31(26)10-13-34(14-11-31)12-9-29(35)36/h1-8,15-16,18H,9-14,17,19H2,(H,33,37)(H,35,36)/b23-15+. The molecular weight excluding hydrogens is 483 g/mol. The number of aliphatic carboxylic acids is 1. The van der Waals surface area contributed by atoms with Gasteiger partial charge in [-0.1, -0.05) is 48.5 Å². The van der Waals surface area contributed by atoms with Gasteiger partial charge in [0.05, 0.1) is 11.8 Å². The highest BCUT2D eigenvalue weighted by Gasteiger charge is 2.48. The summed E-state index contributed by atoms with van der Waals surface area (Å²) in [5, 5.41) is 12.1. The van der Waals surface area contributed by atoms with Gasteiger partial charge in [-0.25, -0.2) is 4.39 Å². The Hall–Kier alpha value is -3.97. The Morgan fingerprint density at radius 2 is 1.89 bits per heavy atom. The molecule has 1 amide bonds. The molecule has 3 aliphatic heterocycles. The van der Waals surface area contributed by atoms with E-state index in [-0.39, 0.29) is 18.1 Å². The number of hydrogen-bond acceptors (Lipinski definition) is 4. The average Bonchev–Trinajstić information content (AvgIpc) is 3.17. The lowest BCUT2D eigenvalue weighted by atomic mass is 9.73. The second kappa shape index (κ2) is 9.72. The highest BCUT2D eigenvalue weighted by molar-refractivity contribution is 6.06. The maximum atomic E-state index is 13.9. The predicted octanol–water partition coefficient (Wildman–Crippen LogP) is 5.26. The quantitative estimate of drug-likeness (QED) is 0.499. The number of carbonyl (C=O) groups is 2. The molecule has 0 saturated carbocycles. The number of carboxylic acids is 1. The van der Waals surface area contributed by atoms with E-state index < -0.39 is 11.4 Å². The van der Waals surface area contributed by atoms with Gasteiger partial charge in [0.1, 0.15) is 18.2 Å². The minimum atomic E-state index is -0.800. The van der Waals surface area contributed by atoms with Crippen molar-refractivity contribution in [1.29, 1.82) is 0 Å². The third kappa shape index (κ3) is 4.47. The molecule has 1 saturated heterocycles. The number of fused-ring (bicyclic) bond motifs is 4. The van der Waals surface area contributed by atoms with Crippen molar-refractivity contribution < 1.29 is 23.8 Å². The summed E-state index contributed by atoms with van der Waals surface area (Å²) in [6.45, 7) is 2.26. The van der Waals surface area contributed by atoms with Crippen molar-refractivity contribution in [1.82, 2.24) is 4.90 Å². The van der Waals surface area contributed by atoms with E-state index in [2.05, 4.69) is 34.5 Å². The monoisotopic (exact) mass is 512 g/mol. The van der Waals surface area contributed by atoms with Crippen LogP contribution in [0.4, 0.5) is 10.1 Å². The van der Waals surface area contributed by atoms with Gasteiger partial charge < -0.3 is 20.1 Å². The average molecular weight is 513 g/mol. The normalized spacial score (nSPS) is 19.1. The van der Waals surface area contributed by atoms with Gasteiger partial charge in [-0.2, -0.15) is 0 Å². The Morgan fingerprint density at radius 3 is 2.71 bits per heavy atom. The van der Waals surface area contributed by atoms with Crippen LogP contribution < -0.4 is 10.1 Å². The van der Waals surface area contributed by atoms with Crippen LogP contribution in [0.3, 0.4) is 0 Å². The molecule has 1 spiro atoms. The van der Waals surface area contributed by atoms with Crippen molar-refractivity contribution in [2.45, 2.75) is 37.7 Å². The number of nitrogens with zero attached hydrogens (tertiary/aromatic N) is 1. The van der Waals surface area contributed by atoms with Gasteiger partial charge in [0, 0.05) is 24.7 Å². The molecule has 0 aromatic heterocycles.